The molecule has 0 saturated carbocycles. The van der Waals surface area contributed by atoms with Gasteiger partial charge in [0.15, 0.2) is 0 Å². The quantitative estimate of drug-likeness (QED) is 0.155. The molecule has 0 atom stereocenters. The fraction of sp³-hybridized carbons (Fsp3) is 0.212. The molecule has 0 bridgehead atoms. The summed E-state index contributed by atoms with van der Waals surface area (Å²) in [5.41, 5.74) is 22.4. The Bertz CT molecular complexity index is 2390. The van der Waals surface area contributed by atoms with E-state index in [0.29, 0.717) is 0 Å². The molecule has 0 fully saturated rings. The van der Waals surface area contributed by atoms with Crippen LogP contribution in [0.2, 0.25) is 10.0 Å². The van der Waals surface area contributed by atoms with E-state index in [1.54, 1.807) is 0 Å². The van der Waals surface area contributed by atoms with E-state index < -0.39 is 22.3 Å². The first-order valence-electron chi connectivity index (χ1n) is 19.1. The fourth-order valence-corrected chi connectivity index (χ4v) is 10.7. The van der Waals surface area contributed by atoms with Gasteiger partial charge in [-0.2, -0.15) is 28.3 Å². The van der Waals surface area contributed by atoms with E-state index in [9.17, 15) is 0 Å². The summed E-state index contributed by atoms with van der Waals surface area (Å²) in [6.45, 7) is 18.0. The van der Waals surface area contributed by atoms with Crippen molar-refractivity contribution in [2.75, 3.05) is 0 Å². The molecule has 3 aliphatic carbocycles. The van der Waals surface area contributed by atoms with Crippen molar-refractivity contribution in [3.8, 4) is 22.3 Å². The average Bonchev–Trinajstić information content (AvgIpc) is 3.82. The number of rotatable bonds is 3. The van der Waals surface area contributed by atoms with E-state index >= 15 is 0 Å². The van der Waals surface area contributed by atoms with E-state index in [1.165, 1.54) is 89.0 Å². The second-order valence-corrected chi connectivity index (χ2v) is 19.4. The fourth-order valence-electron chi connectivity index (χ4n) is 8.36. The predicted molar refractivity (Wildman–Crippen MR) is 251 cm³/mol. The van der Waals surface area contributed by atoms with Crippen molar-refractivity contribution in [1.82, 2.24) is 0 Å². The van der Waals surface area contributed by atoms with Crippen LogP contribution in [0.3, 0.4) is 0 Å². The van der Waals surface area contributed by atoms with Gasteiger partial charge >= 0.3 is 123 Å². The third kappa shape index (κ3) is 9.95. The molecular formula is C52H50Cl4Zr-2. The molecular weight excluding hydrogens is 858 g/mol. The van der Waals surface area contributed by atoms with Gasteiger partial charge in [0.1, 0.15) is 0 Å². The van der Waals surface area contributed by atoms with E-state index in [-0.39, 0.29) is 35.6 Å². The molecule has 0 unspecified atom stereocenters. The van der Waals surface area contributed by atoms with Crippen molar-refractivity contribution in [2.24, 2.45) is 0 Å². The molecule has 6 aromatic carbocycles. The molecule has 0 saturated heterocycles. The van der Waals surface area contributed by atoms with Crippen molar-refractivity contribution in [2.45, 2.75) is 72.6 Å². The van der Waals surface area contributed by atoms with Crippen LogP contribution in [0, 0.1) is 19.9 Å². The SMILES string of the molecule is CC1=[C-]C(C)(C)c2cc3c(cc21)-c1cc2c(cc1C3)C(C)(C)C=C2C.Cc1cc(-c2ccccc2)c(C)[cH-]1.Cl.Cl.Clc1ccc([CH]=[Zr]=[CH]c2ccc(Cl)cc2)cc1. The number of hydrogen-bond donors (Lipinski definition) is 0. The molecule has 0 amide bonds. The first kappa shape index (κ1) is 44.8. The van der Waals surface area contributed by atoms with Crippen molar-refractivity contribution >= 4 is 66.6 Å². The van der Waals surface area contributed by atoms with Crippen LogP contribution in [0.25, 0.3) is 33.4 Å². The van der Waals surface area contributed by atoms with Gasteiger partial charge < -0.3 is 0 Å². The monoisotopic (exact) mass is 904 g/mol. The summed E-state index contributed by atoms with van der Waals surface area (Å²) in [5.74, 6) is 0. The van der Waals surface area contributed by atoms with Gasteiger partial charge in [-0.1, -0.05) is 108 Å². The van der Waals surface area contributed by atoms with Crippen molar-refractivity contribution in [1.29, 1.82) is 0 Å². The zero-order valence-electron chi connectivity index (χ0n) is 34.0. The van der Waals surface area contributed by atoms with Crippen molar-refractivity contribution in [3.63, 3.8) is 0 Å². The van der Waals surface area contributed by atoms with Crippen molar-refractivity contribution in [3.05, 3.63) is 193 Å². The zero-order valence-corrected chi connectivity index (χ0v) is 39.6. The van der Waals surface area contributed by atoms with Crippen LogP contribution in [0.1, 0.15) is 97.2 Å². The van der Waals surface area contributed by atoms with Crippen LogP contribution in [-0.2, 0) is 39.5 Å². The number of allylic oxidation sites excluding steroid dienone is 4. The van der Waals surface area contributed by atoms with Crippen LogP contribution < -0.4 is 0 Å². The van der Waals surface area contributed by atoms with Gasteiger partial charge in [0.05, 0.1) is 0 Å². The number of halogens is 4. The molecule has 292 valence electrons. The predicted octanol–water partition coefficient (Wildman–Crippen LogP) is 15.1. The molecule has 0 aliphatic heterocycles. The number of hydrogen-bond acceptors (Lipinski definition) is 0. The molecule has 6 aromatic rings. The van der Waals surface area contributed by atoms with Gasteiger partial charge in [-0.3, -0.25) is 6.08 Å². The summed E-state index contributed by atoms with van der Waals surface area (Å²) in [6.07, 6.45) is 7.13. The first-order valence-corrected chi connectivity index (χ1v) is 22.7. The Morgan fingerprint density at radius 3 is 1.67 bits per heavy atom. The molecule has 3 aliphatic rings. The van der Waals surface area contributed by atoms with E-state index in [4.69, 9.17) is 23.2 Å². The van der Waals surface area contributed by atoms with Crippen LogP contribution in [0.5, 0.6) is 0 Å². The number of aryl methyl sites for hydroxylation is 2. The van der Waals surface area contributed by atoms with Crippen LogP contribution in [0.15, 0.2) is 121 Å². The van der Waals surface area contributed by atoms with Gasteiger partial charge in [-0.15, -0.1) is 36.4 Å². The molecule has 0 aromatic heterocycles. The minimum atomic E-state index is -0.623. The minimum absolute atomic E-state index is 0. The molecule has 57 heavy (non-hydrogen) atoms. The Kier molecular flexibility index (Phi) is 14.4. The van der Waals surface area contributed by atoms with Crippen LogP contribution >= 0.6 is 48.0 Å². The topological polar surface area (TPSA) is 0 Å². The van der Waals surface area contributed by atoms with E-state index in [1.807, 2.05) is 24.3 Å². The molecule has 0 radical (unpaired) electrons. The maximum absolute atomic E-state index is 5.84. The van der Waals surface area contributed by atoms with Gasteiger partial charge in [-0.05, 0) is 58.4 Å². The van der Waals surface area contributed by atoms with Gasteiger partial charge in [0.2, 0.25) is 0 Å². The van der Waals surface area contributed by atoms with Gasteiger partial charge in [-0.25, -0.2) is 11.6 Å². The number of fused-ring (bicyclic) bond motifs is 5. The summed E-state index contributed by atoms with van der Waals surface area (Å²) in [4.78, 5) is 0. The normalized spacial score (nSPS) is 14.2. The average molecular weight is 908 g/mol. The number of benzene rings is 5. The summed E-state index contributed by atoms with van der Waals surface area (Å²) >= 11 is 11.0. The Morgan fingerprint density at radius 2 is 1.14 bits per heavy atom. The van der Waals surface area contributed by atoms with Crippen LogP contribution in [-0.4, -0.2) is 7.42 Å². The maximum atomic E-state index is 5.84. The summed E-state index contributed by atoms with van der Waals surface area (Å²) in [5, 5.41) is 1.57. The van der Waals surface area contributed by atoms with E-state index in [2.05, 4.69) is 166 Å². The Morgan fingerprint density at radius 1 is 0.614 bits per heavy atom. The molecule has 0 N–H and O–H groups in total. The first-order chi connectivity index (χ1) is 26.2. The van der Waals surface area contributed by atoms with Crippen molar-refractivity contribution < 1.29 is 22.3 Å². The molecule has 0 nitrogen and oxygen atoms in total. The van der Waals surface area contributed by atoms with Gasteiger partial charge in [0, 0.05) is 5.41 Å². The third-order valence-corrected chi connectivity index (χ3v) is 14.0. The summed E-state index contributed by atoms with van der Waals surface area (Å²) in [6, 6.07) is 40.7. The molecule has 9 rings (SSSR count). The molecule has 0 heterocycles. The Labute approximate surface area is 373 Å². The second-order valence-electron chi connectivity index (χ2n) is 16.3. The zero-order chi connectivity index (χ0) is 39.1. The second kappa shape index (κ2) is 18.3. The molecule has 0 spiro atoms. The Hall–Kier alpha value is -3.29. The molecule has 5 heteroatoms. The summed E-state index contributed by atoms with van der Waals surface area (Å²) in [7, 11) is 0. The third-order valence-electron chi connectivity index (χ3n) is 11.0. The standard InChI is InChI=1S/C25H25.C13H13.2C7H5Cl.2ClH.Zr/c1-14-12-24(3,4)22-8-16-7-17-9-23-19(15(2)13-25(23,5)6)11-21(17)20(16)10-18(14)22;1-10-8-11(2)13(9-10)12-6-4-3-5-7-12;2*1-6-2-4-7(8)5-3-6;;;/h8-12H,7H2,1-6H3;3-9H,1-2H3;2*1-5H;2*1H;/q2*-1;;;;;. The Balaban J connectivity index is 0.000000170. The van der Waals surface area contributed by atoms with Crippen LogP contribution in [0.4, 0.5) is 0 Å². The summed E-state index contributed by atoms with van der Waals surface area (Å²) < 4.78 is 4.66. The van der Waals surface area contributed by atoms with Gasteiger partial charge in [0.25, 0.3) is 0 Å². The van der Waals surface area contributed by atoms with E-state index in [0.717, 1.165) is 16.5 Å².